The second-order valence-electron chi connectivity index (χ2n) is 7.90. The number of carbonyl (C=O) groups excluding carboxylic acids is 2. The second-order valence-corrected chi connectivity index (χ2v) is 7.90. The molecule has 34 heavy (non-hydrogen) atoms. The Morgan fingerprint density at radius 1 is 1.24 bits per heavy atom. The number of hydrogen-bond acceptors (Lipinski definition) is 5. The molecular weight excluding hydrogens is 442 g/mol. The Labute approximate surface area is 195 Å². The summed E-state index contributed by atoms with van der Waals surface area (Å²) in [5.74, 6) is -1.67. The summed E-state index contributed by atoms with van der Waals surface area (Å²) in [6.07, 6.45) is 3.89. The predicted molar refractivity (Wildman–Crippen MR) is 126 cm³/mol. The van der Waals surface area contributed by atoms with Gasteiger partial charge in [-0.2, -0.15) is 0 Å². The summed E-state index contributed by atoms with van der Waals surface area (Å²) in [6, 6.07) is 6.69. The number of nitrogens with one attached hydrogen (secondary N) is 1. The Kier molecular flexibility index (Phi) is 6.45. The molecule has 0 bridgehead atoms. The van der Waals surface area contributed by atoms with Crippen LogP contribution in [0.2, 0.25) is 0 Å². The lowest BCUT2D eigenvalue weighted by atomic mass is 9.95. The van der Waals surface area contributed by atoms with Gasteiger partial charge in [0.05, 0.1) is 29.1 Å². The lowest BCUT2D eigenvalue weighted by Crippen LogP contribution is -2.32. The van der Waals surface area contributed by atoms with Crippen molar-refractivity contribution in [1.82, 2.24) is 9.88 Å². The molecule has 0 radical (unpaired) electrons. The van der Waals surface area contributed by atoms with Crippen LogP contribution in [-0.2, 0) is 4.79 Å². The van der Waals surface area contributed by atoms with Crippen LogP contribution in [0, 0.1) is 11.6 Å². The van der Waals surface area contributed by atoms with Crippen LogP contribution < -0.4 is 15.8 Å². The molecule has 9 heteroatoms. The molecule has 0 saturated carbocycles. The molecule has 2 heterocycles. The monoisotopic (exact) mass is 466 g/mol. The smallest absolute Gasteiger partial charge is 0.252 e. The van der Waals surface area contributed by atoms with E-state index in [4.69, 9.17) is 10.5 Å². The van der Waals surface area contributed by atoms with E-state index in [2.05, 4.69) is 10.3 Å². The molecule has 2 aromatic carbocycles. The van der Waals surface area contributed by atoms with Gasteiger partial charge in [-0.3, -0.25) is 14.6 Å². The molecule has 0 fully saturated rings. The van der Waals surface area contributed by atoms with Gasteiger partial charge in [0.2, 0.25) is 5.91 Å². The molecule has 0 saturated heterocycles. The summed E-state index contributed by atoms with van der Waals surface area (Å²) < 4.78 is 33.7. The molecule has 4 rings (SSSR count). The highest BCUT2D eigenvalue weighted by molar-refractivity contribution is 6.08. The van der Waals surface area contributed by atoms with Gasteiger partial charge in [0.25, 0.3) is 5.91 Å². The number of benzene rings is 2. The van der Waals surface area contributed by atoms with E-state index in [1.807, 2.05) is 19.1 Å². The zero-order chi connectivity index (χ0) is 24.4. The highest BCUT2D eigenvalue weighted by Crippen LogP contribution is 2.38. The molecule has 0 atom stereocenters. The van der Waals surface area contributed by atoms with Crippen molar-refractivity contribution in [2.24, 2.45) is 5.73 Å². The quantitative estimate of drug-likeness (QED) is 0.562. The third kappa shape index (κ3) is 4.54. The van der Waals surface area contributed by atoms with E-state index in [1.54, 1.807) is 11.0 Å². The minimum atomic E-state index is -0.814. The van der Waals surface area contributed by atoms with Crippen molar-refractivity contribution in [2.45, 2.75) is 20.3 Å². The number of hydrogen-bond donors (Lipinski definition) is 2. The number of anilines is 2. The SMILES string of the molecule is CCOc1cc2ncc(C(N)=O)c(Nc3ccc(F)cc3F)c2cc1C1=CCN(C(C)=O)CC1. The summed E-state index contributed by atoms with van der Waals surface area (Å²) >= 11 is 0. The van der Waals surface area contributed by atoms with Crippen molar-refractivity contribution < 1.29 is 23.1 Å². The molecule has 7 nitrogen and oxygen atoms in total. The van der Waals surface area contributed by atoms with Crippen molar-refractivity contribution in [3.63, 3.8) is 0 Å². The van der Waals surface area contributed by atoms with Gasteiger partial charge < -0.3 is 20.7 Å². The number of halogens is 2. The fourth-order valence-corrected chi connectivity index (χ4v) is 3.99. The third-order valence-electron chi connectivity index (χ3n) is 5.73. The predicted octanol–water partition coefficient (Wildman–Crippen LogP) is 4.39. The molecule has 0 aliphatic carbocycles. The van der Waals surface area contributed by atoms with Gasteiger partial charge in [-0.05, 0) is 37.1 Å². The van der Waals surface area contributed by atoms with Gasteiger partial charge in [-0.25, -0.2) is 8.78 Å². The van der Waals surface area contributed by atoms with E-state index in [0.29, 0.717) is 42.8 Å². The van der Waals surface area contributed by atoms with Gasteiger partial charge >= 0.3 is 0 Å². The summed E-state index contributed by atoms with van der Waals surface area (Å²) in [5, 5.41) is 3.42. The molecular formula is C25H24F2N4O3. The number of aromatic nitrogens is 1. The number of ether oxygens (including phenoxy) is 1. The van der Waals surface area contributed by atoms with E-state index in [9.17, 15) is 18.4 Å². The van der Waals surface area contributed by atoms with Crippen LogP contribution in [-0.4, -0.2) is 41.4 Å². The van der Waals surface area contributed by atoms with Gasteiger partial charge in [-0.15, -0.1) is 0 Å². The van der Waals surface area contributed by atoms with Crippen molar-refractivity contribution in [3.8, 4) is 5.75 Å². The van der Waals surface area contributed by atoms with Crippen LogP contribution in [0.1, 0.15) is 36.2 Å². The summed E-state index contributed by atoms with van der Waals surface area (Å²) in [4.78, 5) is 30.0. The Balaban J connectivity index is 1.89. The number of pyridine rings is 1. The molecule has 0 spiro atoms. The summed E-state index contributed by atoms with van der Waals surface area (Å²) in [5.41, 5.74) is 8.15. The first kappa shape index (κ1) is 23.2. The van der Waals surface area contributed by atoms with Crippen LogP contribution in [0.5, 0.6) is 5.75 Å². The fourth-order valence-electron chi connectivity index (χ4n) is 3.99. The number of fused-ring (bicyclic) bond motifs is 1. The second kappa shape index (κ2) is 9.46. The molecule has 3 N–H and O–H groups in total. The highest BCUT2D eigenvalue weighted by Gasteiger charge is 2.21. The molecule has 3 aromatic rings. The van der Waals surface area contributed by atoms with Crippen molar-refractivity contribution in [2.75, 3.05) is 25.0 Å². The molecule has 0 unspecified atom stereocenters. The molecule has 1 aliphatic heterocycles. The number of carbonyl (C=O) groups is 2. The van der Waals surface area contributed by atoms with E-state index >= 15 is 0 Å². The Bertz CT molecular complexity index is 1320. The van der Waals surface area contributed by atoms with Gasteiger partial charge in [0.1, 0.15) is 17.4 Å². The van der Waals surface area contributed by atoms with Crippen LogP contribution in [0.25, 0.3) is 16.5 Å². The lowest BCUT2D eigenvalue weighted by Gasteiger charge is -2.26. The van der Waals surface area contributed by atoms with Gasteiger partial charge in [-0.1, -0.05) is 6.08 Å². The van der Waals surface area contributed by atoms with Crippen LogP contribution in [0.3, 0.4) is 0 Å². The zero-order valence-electron chi connectivity index (χ0n) is 18.8. The number of amides is 2. The first-order valence-electron chi connectivity index (χ1n) is 10.8. The zero-order valence-corrected chi connectivity index (χ0v) is 18.8. The number of rotatable bonds is 6. The normalized spacial score (nSPS) is 13.5. The maximum absolute atomic E-state index is 14.4. The number of primary amides is 1. The number of nitrogens with two attached hydrogens (primary N) is 1. The lowest BCUT2D eigenvalue weighted by molar-refractivity contribution is -0.128. The third-order valence-corrected chi connectivity index (χ3v) is 5.73. The van der Waals surface area contributed by atoms with E-state index in [-0.39, 0.29) is 22.8 Å². The van der Waals surface area contributed by atoms with Crippen molar-refractivity contribution in [1.29, 1.82) is 0 Å². The number of nitrogens with zero attached hydrogens (tertiary/aromatic N) is 2. The van der Waals surface area contributed by atoms with E-state index in [1.165, 1.54) is 19.2 Å². The van der Waals surface area contributed by atoms with Gasteiger partial charge in [0, 0.05) is 49.3 Å². The Morgan fingerprint density at radius 2 is 2.03 bits per heavy atom. The Hall–Kier alpha value is -4.01. The molecule has 2 amide bonds. The summed E-state index contributed by atoms with van der Waals surface area (Å²) in [7, 11) is 0. The van der Waals surface area contributed by atoms with Crippen LogP contribution in [0.4, 0.5) is 20.2 Å². The molecule has 176 valence electrons. The first-order valence-corrected chi connectivity index (χ1v) is 10.8. The van der Waals surface area contributed by atoms with Crippen LogP contribution >= 0.6 is 0 Å². The summed E-state index contributed by atoms with van der Waals surface area (Å²) in [6.45, 7) is 4.87. The minimum absolute atomic E-state index is 0.00181. The minimum Gasteiger partial charge on any atom is -0.493 e. The fraction of sp³-hybridized carbons (Fsp3) is 0.240. The first-order chi connectivity index (χ1) is 16.3. The average Bonchev–Trinajstić information content (AvgIpc) is 2.80. The van der Waals surface area contributed by atoms with Crippen molar-refractivity contribution >= 4 is 39.7 Å². The maximum atomic E-state index is 14.4. The largest absolute Gasteiger partial charge is 0.493 e. The van der Waals surface area contributed by atoms with E-state index in [0.717, 1.165) is 23.3 Å². The standard InChI is InChI=1S/C25H24F2N4O3/c1-3-34-23-12-22-18(11-17(23)15-6-8-31(9-7-15)14(2)32)24(19(13-29-22)25(28)33)30-21-5-4-16(26)10-20(21)27/h4-6,10-13H,3,7-9H2,1-2H3,(H2,28,33)(H,29,30). The highest BCUT2D eigenvalue weighted by atomic mass is 19.1. The molecule has 1 aliphatic rings. The van der Waals surface area contributed by atoms with Crippen LogP contribution in [0.15, 0.2) is 42.6 Å². The van der Waals surface area contributed by atoms with Gasteiger partial charge in [0.15, 0.2) is 0 Å². The average molecular weight is 466 g/mol. The maximum Gasteiger partial charge on any atom is 0.252 e. The molecule has 1 aromatic heterocycles. The van der Waals surface area contributed by atoms with E-state index < -0.39 is 17.5 Å². The van der Waals surface area contributed by atoms with Crippen molar-refractivity contribution in [3.05, 3.63) is 65.4 Å². The Morgan fingerprint density at radius 3 is 2.65 bits per heavy atom. The topological polar surface area (TPSA) is 97.6 Å².